The van der Waals surface area contributed by atoms with Crippen molar-refractivity contribution in [3.8, 4) is 0 Å². The molecule has 0 aliphatic carbocycles. The summed E-state index contributed by atoms with van der Waals surface area (Å²) in [5.41, 5.74) is 0. The lowest BCUT2D eigenvalue weighted by Crippen LogP contribution is -3.07. The number of unbranched alkanes of at least 4 members (excludes halogenated alkanes) is 3. The normalized spacial score (nSPS) is 23.9. The molecule has 0 fully saturated rings. The standard InChI is InChI=1S/C14H26N4.2BrH/c1-15-9-11-17(13-15)7-5-3-4-6-8-18-12-10-16(2)14-18;;/h9-12H,3-8,13-14H2,1-2H3;2*1H. The Hall–Kier alpha value is -0.0400. The minimum Gasteiger partial charge on any atom is -1.00 e. The zero-order valence-corrected chi connectivity index (χ0v) is 15.8. The molecule has 2 aliphatic heterocycles. The summed E-state index contributed by atoms with van der Waals surface area (Å²) in [7, 11) is 4.29. The fourth-order valence-electron chi connectivity index (χ4n) is 2.70. The highest BCUT2D eigenvalue weighted by molar-refractivity contribution is 4.75. The van der Waals surface area contributed by atoms with E-state index in [0.29, 0.717) is 0 Å². The van der Waals surface area contributed by atoms with Crippen LogP contribution in [0.4, 0.5) is 0 Å². The molecule has 2 atom stereocenters. The van der Waals surface area contributed by atoms with Gasteiger partial charge in [-0.15, -0.1) is 0 Å². The average molecular weight is 412 g/mol. The van der Waals surface area contributed by atoms with Crippen molar-refractivity contribution in [3.63, 3.8) is 0 Å². The maximum absolute atomic E-state index is 2.29. The van der Waals surface area contributed by atoms with Crippen LogP contribution in [-0.4, -0.2) is 50.3 Å². The zero-order valence-electron chi connectivity index (χ0n) is 12.6. The predicted molar refractivity (Wildman–Crippen MR) is 73.7 cm³/mol. The SMILES string of the molecule is CN1C=C[NH+](CCCCCC[NH+]2C=CN(C)C2)C1.[Br-].[Br-]. The lowest BCUT2D eigenvalue weighted by Gasteiger charge is -2.13. The fourth-order valence-corrected chi connectivity index (χ4v) is 2.70. The highest BCUT2D eigenvalue weighted by Crippen LogP contribution is 1.97. The van der Waals surface area contributed by atoms with Gasteiger partial charge in [0.1, 0.15) is 12.4 Å². The molecule has 0 saturated heterocycles. The molecule has 0 amide bonds. The van der Waals surface area contributed by atoms with Gasteiger partial charge < -0.3 is 43.8 Å². The number of rotatable bonds is 7. The molecule has 2 heterocycles. The summed E-state index contributed by atoms with van der Waals surface area (Å²) in [6.45, 7) is 4.88. The van der Waals surface area contributed by atoms with E-state index >= 15 is 0 Å². The molecule has 2 N–H and O–H groups in total. The van der Waals surface area contributed by atoms with Crippen LogP contribution in [-0.2, 0) is 0 Å². The van der Waals surface area contributed by atoms with Crippen molar-refractivity contribution in [2.24, 2.45) is 0 Å². The molecule has 0 spiro atoms. The van der Waals surface area contributed by atoms with Gasteiger partial charge in [0.25, 0.3) is 0 Å². The second kappa shape index (κ2) is 10.7. The van der Waals surface area contributed by atoms with Crippen molar-refractivity contribution in [2.75, 3.05) is 40.5 Å². The number of nitrogens with zero attached hydrogens (tertiary/aromatic N) is 2. The molecule has 0 saturated carbocycles. The van der Waals surface area contributed by atoms with E-state index in [-0.39, 0.29) is 34.0 Å². The number of nitrogens with one attached hydrogen (secondary N) is 2. The molecule has 0 aromatic carbocycles. The molecule has 20 heavy (non-hydrogen) atoms. The number of hydrogen-bond acceptors (Lipinski definition) is 2. The predicted octanol–water partition coefficient (Wildman–Crippen LogP) is -6.93. The van der Waals surface area contributed by atoms with Crippen molar-refractivity contribution in [1.29, 1.82) is 0 Å². The van der Waals surface area contributed by atoms with Gasteiger partial charge in [-0.2, -0.15) is 0 Å². The van der Waals surface area contributed by atoms with Gasteiger partial charge in [0, 0.05) is 14.1 Å². The molecule has 2 unspecified atom stereocenters. The van der Waals surface area contributed by atoms with Crippen molar-refractivity contribution >= 4 is 0 Å². The first kappa shape index (κ1) is 20.0. The third-order valence-corrected chi connectivity index (χ3v) is 3.78. The van der Waals surface area contributed by atoms with Crippen molar-refractivity contribution in [1.82, 2.24) is 9.80 Å². The first-order valence-electron chi connectivity index (χ1n) is 7.20. The van der Waals surface area contributed by atoms with E-state index in [4.69, 9.17) is 0 Å². The Morgan fingerprint density at radius 1 is 0.750 bits per heavy atom. The van der Waals surface area contributed by atoms with Crippen LogP contribution in [0.1, 0.15) is 25.7 Å². The van der Waals surface area contributed by atoms with Gasteiger partial charge in [-0.05, 0) is 25.7 Å². The first-order chi connectivity index (χ1) is 8.74. The Bertz CT molecular complexity index is 280. The van der Waals surface area contributed by atoms with Gasteiger partial charge in [-0.1, -0.05) is 0 Å². The third-order valence-electron chi connectivity index (χ3n) is 3.78. The Balaban J connectivity index is 0.00000180. The largest absolute Gasteiger partial charge is 1.00 e. The molecule has 4 nitrogen and oxygen atoms in total. The molecule has 0 bridgehead atoms. The molecule has 0 aromatic rings. The summed E-state index contributed by atoms with van der Waals surface area (Å²) < 4.78 is 0. The topological polar surface area (TPSA) is 15.4 Å². The van der Waals surface area contributed by atoms with Crippen LogP contribution < -0.4 is 43.8 Å². The number of quaternary nitrogens is 2. The molecule has 2 rings (SSSR count). The van der Waals surface area contributed by atoms with Gasteiger partial charge in [-0.3, -0.25) is 9.80 Å². The third kappa shape index (κ3) is 7.11. The summed E-state index contributed by atoms with van der Waals surface area (Å²) in [5, 5.41) is 0. The zero-order chi connectivity index (χ0) is 12.8. The summed E-state index contributed by atoms with van der Waals surface area (Å²) in [6, 6.07) is 0. The van der Waals surface area contributed by atoms with E-state index < -0.39 is 0 Å². The van der Waals surface area contributed by atoms with Crippen LogP contribution >= 0.6 is 0 Å². The molecule has 2 aliphatic rings. The Morgan fingerprint density at radius 2 is 1.15 bits per heavy atom. The van der Waals surface area contributed by atoms with Crippen LogP contribution in [0.25, 0.3) is 0 Å². The van der Waals surface area contributed by atoms with Gasteiger partial charge in [0.2, 0.25) is 0 Å². The van der Waals surface area contributed by atoms with E-state index in [9.17, 15) is 0 Å². The second-order valence-electron chi connectivity index (χ2n) is 5.69. The molecule has 0 radical (unpaired) electrons. The van der Waals surface area contributed by atoms with Gasteiger partial charge >= 0.3 is 0 Å². The number of hydrogen-bond donors (Lipinski definition) is 2. The first-order valence-corrected chi connectivity index (χ1v) is 7.20. The van der Waals surface area contributed by atoms with Crippen LogP contribution in [0.2, 0.25) is 0 Å². The summed E-state index contributed by atoms with van der Waals surface area (Å²) in [6.07, 6.45) is 14.4. The smallest absolute Gasteiger partial charge is 0.156 e. The van der Waals surface area contributed by atoms with Crippen molar-refractivity contribution in [2.45, 2.75) is 25.7 Å². The highest BCUT2D eigenvalue weighted by atomic mass is 79.9. The minimum atomic E-state index is 0. The van der Waals surface area contributed by atoms with E-state index in [1.54, 1.807) is 9.80 Å². The number of halogens is 2. The van der Waals surface area contributed by atoms with Crippen LogP contribution in [0.3, 0.4) is 0 Å². The molecular formula is C14H28Br2N4. The second-order valence-corrected chi connectivity index (χ2v) is 5.69. The van der Waals surface area contributed by atoms with Gasteiger partial charge in [-0.25, -0.2) is 0 Å². The Labute approximate surface area is 144 Å². The van der Waals surface area contributed by atoms with E-state index in [1.165, 1.54) is 38.8 Å². The lowest BCUT2D eigenvalue weighted by molar-refractivity contribution is -0.849. The maximum atomic E-state index is 2.29. The summed E-state index contributed by atoms with van der Waals surface area (Å²) in [4.78, 5) is 7.73. The molecule has 118 valence electrons. The minimum absolute atomic E-state index is 0. The van der Waals surface area contributed by atoms with E-state index in [1.807, 2.05) is 0 Å². The van der Waals surface area contributed by atoms with E-state index in [0.717, 1.165) is 13.3 Å². The maximum Gasteiger partial charge on any atom is 0.156 e. The van der Waals surface area contributed by atoms with Gasteiger partial charge in [0.15, 0.2) is 13.3 Å². The van der Waals surface area contributed by atoms with Crippen LogP contribution in [0.5, 0.6) is 0 Å². The lowest BCUT2D eigenvalue weighted by atomic mass is 10.2. The highest BCUT2D eigenvalue weighted by Gasteiger charge is 2.14. The quantitative estimate of drug-likeness (QED) is 0.405. The molecule has 6 heteroatoms. The van der Waals surface area contributed by atoms with E-state index in [2.05, 4.69) is 48.7 Å². The fraction of sp³-hybridized carbons (Fsp3) is 0.714. The summed E-state index contributed by atoms with van der Waals surface area (Å²) in [5.74, 6) is 0. The molecule has 0 aromatic heterocycles. The average Bonchev–Trinajstić information content (AvgIpc) is 2.93. The van der Waals surface area contributed by atoms with Crippen LogP contribution in [0, 0.1) is 0 Å². The summed E-state index contributed by atoms with van der Waals surface area (Å²) >= 11 is 0. The Morgan fingerprint density at radius 3 is 1.45 bits per heavy atom. The van der Waals surface area contributed by atoms with Gasteiger partial charge in [0.05, 0.1) is 25.5 Å². The van der Waals surface area contributed by atoms with Crippen molar-refractivity contribution < 1.29 is 43.8 Å². The Kier molecular flexibility index (Phi) is 10.6. The molecular weight excluding hydrogens is 384 g/mol. The monoisotopic (exact) mass is 410 g/mol. The van der Waals surface area contributed by atoms with Crippen LogP contribution in [0.15, 0.2) is 24.8 Å². The van der Waals surface area contributed by atoms with Crippen molar-refractivity contribution in [3.05, 3.63) is 24.8 Å².